The molecule has 11 heteroatoms. The molecule has 0 aliphatic heterocycles. The van der Waals surface area contributed by atoms with Crippen molar-refractivity contribution >= 4 is 40.9 Å². The summed E-state index contributed by atoms with van der Waals surface area (Å²) in [5, 5.41) is 16.7. The van der Waals surface area contributed by atoms with E-state index in [1.807, 2.05) is 32.9 Å². The van der Waals surface area contributed by atoms with Gasteiger partial charge in [0.2, 0.25) is 11.1 Å². The molecule has 1 aromatic carbocycles. The Hall–Kier alpha value is -2.23. The van der Waals surface area contributed by atoms with E-state index < -0.39 is 0 Å². The molecule has 1 unspecified atom stereocenters. The summed E-state index contributed by atoms with van der Waals surface area (Å²) in [5.41, 5.74) is 2.60. The van der Waals surface area contributed by atoms with Crippen LogP contribution in [0.4, 0.5) is 0 Å². The Morgan fingerprint density at radius 2 is 2.00 bits per heavy atom. The third kappa shape index (κ3) is 4.43. The van der Waals surface area contributed by atoms with Crippen LogP contribution in [0.2, 0.25) is 10.0 Å². The number of nitrogens with one attached hydrogen (secondary N) is 1. The van der Waals surface area contributed by atoms with Crippen LogP contribution in [-0.2, 0) is 4.79 Å². The normalized spacial score (nSPS) is 12.2. The van der Waals surface area contributed by atoms with Crippen LogP contribution in [0.5, 0.6) is 0 Å². The molecular formula is C17H19Cl2N7OS. The Morgan fingerprint density at radius 1 is 1.25 bits per heavy atom. The zero-order chi connectivity index (χ0) is 20.4. The lowest BCUT2D eigenvalue weighted by molar-refractivity contribution is -0.119. The minimum absolute atomic E-state index is 0.137. The van der Waals surface area contributed by atoms with Gasteiger partial charge in [0.1, 0.15) is 0 Å². The van der Waals surface area contributed by atoms with Crippen LogP contribution >= 0.6 is 35.0 Å². The molecule has 0 aliphatic rings. The van der Waals surface area contributed by atoms with Crippen molar-refractivity contribution < 1.29 is 4.79 Å². The van der Waals surface area contributed by atoms with Gasteiger partial charge in [-0.25, -0.2) is 9.36 Å². The average molecular weight is 440 g/mol. The molecule has 148 valence electrons. The first-order valence-corrected chi connectivity index (χ1v) is 10.1. The van der Waals surface area contributed by atoms with Gasteiger partial charge in [0.25, 0.3) is 5.95 Å². The zero-order valence-electron chi connectivity index (χ0n) is 15.5. The Balaban J connectivity index is 1.62. The molecule has 0 radical (unpaired) electrons. The summed E-state index contributed by atoms with van der Waals surface area (Å²) in [6, 6.07) is 6.96. The number of thioether (sulfide) groups is 1. The molecule has 2 aromatic heterocycles. The van der Waals surface area contributed by atoms with E-state index in [0.717, 1.165) is 17.0 Å². The third-order valence-corrected chi connectivity index (χ3v) is 5.68. The van der Waals surface area contributed by atoms with E-state index in [1.165, 1.54) is 16.4 Å². The molecule has 3 N–H and O–H groups in total. The van der Waals surface area contributed by atoms with Gasteiger partial charge >= 0.3 is 0 Å². The highest BCUT2D eigenvalue weighted by molar-refractivity contribution is 7.99. The molecule has 3 aromatic rings. The van der Waals surface area contributed by atoms with Crippen molar-refractivity contribution in [2.75, 3.05) is 11.6 Å². The van der Waals surface area contributed by atoms with E-state index in [1.54, 1.807) is 16.8 Å². The fraction of sp³-hybridized carbons (Fsp3) is 0.294. The Bertz CT molecular complexity index is 1020. The standard InChI is InChI=1S/C17H19Cl2N7OS/c1-9-6-10(2)26(24-9)16-22-23-17(25(16)20)28-8-15(27)21-11(3)12-4-5-13(18)14(19)7-12/h4-7,11H,8,20H2,1-3H3,(H,21,27). The van der Waals surface area contributed by atoms with Crippen LogP contribution < -0.4 is 11.2 Å². The van der Waals surface area contributed by atoms with E-state index in [-0.39, 0.29) is 17.7 Å². The van der Waals surface area contributed by atoms with Crippen molar-refractivity contribution in [3.05, 3.63) is 51.3 Å². The number of hydrogen-bond acceptors (Lipinski definition) is 6. The maximum absolute atomic E-state index is 12.3. The second-order valence-electron chi connectivity index (χ2n) is 6.24. The minimum atomic E-state index is -0.219. The van der Waals surface area contributed by atoms with Crippen LogP contribution in [-0.4, -0.2) is 36.3 Å². The van der Waals surface area contributed by atoms with E-state index in [0.29, 0.717) is 21.2 Å². The summed E-state index contributed by atoms with van der Waals surface area (Å²) in [5.74, 6) is 6.43. The fourth-order valence-electron chi connectivity index (χ4n) is 2.62. The summed E-state index contributed by atoms with van der Waals surface area (Å²) in [6.07, 6.45) is 0. The number of aryl methyl sites for hydroxylation is 2. The molecule has 0 saturated carbocycles. The summed E-state index contributed by atoms with van der Waals surface area (Å²) in [6.45, 7) is 5.66. The van der Waals surface area contributed by atoms with Crippen molar-refractivity contribution in [3.8, 4) is 5.95 Å². The quantitative estimate of drug-likeness (QED) is 0.451. The van der Waals surface area contributed by atoms with E-state index >= 15 is 0 Å². The van der Waals surface area contributed by atoms with Gasteiger partial charge in [-0.1, -0.05) is 41.0 Å². The van der Waals surface area contributed by atoms with Crippen molar-refractivity contribution in [2.24, 2.45) is 0 Å². The zero-order valence-corrected chi connectivity index (χ0v) is 17.8. The number of aromatic nitrogens is 5. The molecule has 2 heterocycles. The molecule has 3 rings (SSSR count). The summed E-state index contributed by atoms with van der Waals surface area (Å²) >= 11 is 13.1. The van der Waals surface area contributed by atoms with Crippen molar-refractivity contribution in [1.82, 2.24) is 30.0 Å². The largest absolute Gasteiger partial charge is 0.349 e. The molecule has 1 amide bonds. The first kappa shape index (κ1) is 20.5. The first-order chi connectivity index (χ1) is 13.3. The number of halogens is 2. The van der Waals surface area contributed by atoms with E-state index in [9.17, 15) is 4.79 Å². The molecule has 0 spiro atoms. The molecule has 0 aliphatic carbocycles. The van der Waals surface area contributed by atoms with Gasteiger partial charge in [-0.15, -0.1) is 10.2 Å². The number of carbonyl (C=O) groups is 1. The van der Waals surface area contributed by atoms with Crippen molar-refractivity contribution in [1.29, 1.82) is 0 Å². The number of rotatable bonds is 6. The van der Waals surface area contributed by atoms with Gasteiger partial charge in [0.05, 0.1) is 27.5 Å². The molecule has 0 saturated heterocycles. The van der Waals surface area contributed by atoms with Gasteiger partial charge in [0.15, 0.2) is 0 Å². The summed E-state index contributed by atoms with van der Waals surface area (Å²) in [7, 11) is 0. The van der Waals surface area contributed by atoms with Gasteiger partial charge in [0, 0.05) is 5.69 Å². The van der Waals surface area contributed by atoms with E-state index in [4.69, 9.17) is 29.0 Å². The van der Waals surface area contributed by atoms with Gasteiger partial charge in [-0.2, -0.15) is 5.10 Å². The van der Waals surface area contributed by atoms with Gasteiger partial charge < -0.3 is 11.2 Å². The van der Waals surface area contributed by atoms with Gasteiger partial charge in [-0.05, 0) is 44.5 Å². The SMILES string of the molecule is Cc1cc(C)n(-c2nnc(SCC(=O)NC(C)c3ccc(Cl)c(Cl)c3)n2N)n1. The van der Waals surface area contributed by atoms with Crippen molar-refractivity contribution in [3.63, 3.8) is 0 Å². The maximum Gasteiger partial charge on any atom is 0.271 e. The molecule has 0 bridgehead atoms. The monoisotopic (exact) mass is 439 g/mol. The second-order valence-corrected chi connectivity index (χ2v) is 8.00. The summed E-state index contributed by atoms with van der Waals surface area (Å²) in [4.78, 5) is 12.3. The number of nitrogens with zero attached hydrogens (tertiary/aromatic N) is 5. The number of hydrogen-bond donors (Lipinski definition) is 2. The molecule has 28 heavy (non-hydrogen) atoms. The smallest absolute Gasteiger partial charge is 0.271 e. The Morgan fingerprint density at radius 3 is 2.64 bits per heavy atom. The maximum atomic E-state index is 12.3. The number of benzene rings is 1. The first-order valence-electron chi connectivity index (χ1n) is 8.37. The highest BCUT2D eigenvalue weighted by atomic mass is 35.5. The van der Waals surface area contributed by atoms with Crippen LogP contribution in [0, 0.1) is 13.8 Å². The molecule has 0 fully saturated rings. The number of amides is 1. The Kier molecular flexibility index (Phi) is 6.17. The number of nitrogens with two attached hydrogens (primary N) is 1. The predicted octanol–water partition coefficient (Wildman–Crippen LogP) is 3.07. The van der Waals surface area contributed by atoms with Crippen LogP contribution in [0.15, 0.2) is 29.4 Å². The topological polar surface area (TPSA) is 104 Å². The van der Waals surface area contributed by atoms with Crippen molar-refractivity contribution in [2.45, 2.75) is 32.0 Å². The van der Waals surface area contributed by atoms with Crippen LogP contribution in [0.1, 0.15) is 29.9 Å². The highest BCUT2D eigenvalue weighted by Gasteiger charge is 2.17. The fourth-order valence-corrected chi connectivity index (χ4v) is 3.59. The average Bonchev–Trinajstić information content (AvgIpc) is 3.16. The second kappa shape index (κ2) is 8.42. The lowest BCUT2D eigenvalue weighted by Gasteiger charge is -2.14. The predicted molar refractivity (Wildman–Crippen MR) is 111 cm³/mol. The van der Waals surface area contributed by atoms with Crippen LogP contribution in [0.3, 0.4) is 0 Å². The number of nitrogen functional groups attached to an aromatic ring is 1. The van der Waals surface area contributed by atoms with E-state index in [2.05, 4.69) is 20.6 Å². The lowest BCUT2D eigenvalue weighted by atomic mass is 10.1. The summed E-state index contributed by atoms with van der Waals surface area (Å²) < 4.78 is 2.93. The minimum Gasteiger partial charge on any atom is -0.349 e. The Labute approximate surface area is 176 Å². The molecular weight excluding hydrogens is 421 g/mol. The highest BCUT2D eigenvalue weighted by Crippen LogP contribution is 2.25. The molecule has 8 nitrogen and oxygen atoms in total. The molecule has 1 atom stereocenters. The number of carbonyl (C=O) groups excluding carboxylic acids is 1. The lowest BCUT2D eigenvalue weighted by Crippen LogP contribution is -2.28. The van der Waals surface area contributed by atoms with Gasteiger partial charge in [-0.3, -0.25) is 4.79 Å². The third-order valence-electron chi connectivity index (χ3n) is 4.00. The van der Waals surface area contributed by atoms with Crippen LogP contribution in [0.25, 0.3) is 5.95 Å².